The summed E-state index contributed by atoms with van der Waals surface area (Å²) in [6.45, 7) is 3.20. The van der Waals surface area contributed by atoms with Crippen molar-refractivity contribution in [1.29, 1.82) is 0 Å². The molecule has 2 N–H and O–H groups in total. The van der Waals surface area contributed by atoms with Gasteiger partial charge in [0.25, 0.3) is 0 Å². The van der Waals surface area contributed by atoms with Crippen LogP contribution in [0.2, 0.25) is 0 Å². The number of rotatable bonds is 6. The molecule has 0 aromatic heterocycles. The van der Waals surface area contributed by atoms with E-state index in [1.807, 2.05) is 6.07 Å². The Morgan fingerprint density at radius 1 is 1.50 bits per heavy atom. The molecular formula is C14H18BrNO2. The van der Waals surface area contributed by atoms with Gasteiger partial charge in [-0.25, -0.2) is 4.79 Å². The average Bonchev–Trinajstić information content (AvgIpc) is 3.08. The number of carbonyl (C=O) groups is 1. The molecule has 4 heteroatoms. The van der Waals surface area contributed by atoms with Gasteiger partial charge < -0.3 is 10.4 Å². The molecule has 1 saturated carbocycles. The number of benzene rings is 1. The number of aromatic carboxylic acids is 1. The van der Waals surface area contributed by atoms with Crippen LogP contribution in [0, 0.1) is 5.41 Å². The second-order valence-electron chi connectivity index (χ2n) is 5.10. The summed E-state index contributed by atoms with van der Waals surface area (Å²) < 4.78 is 0.815. The third kappa shape index (κ3) is 3.05. The van der Waals surface area contributed by atoms with Crippen LogP contribution in [0.15, 0.2) is 22.7 Å². The van der Waals surface area contributed by atoms with Crippen molar-refractivity contribution in [3.8, 4) is 0 Å². The first-order valence-corrected chi connectivity index (χ1v) is 7.12. The molecule has 0 heterocycles. The van der Waals surface area contributed by atoms with Crippen LogP contribution in [0.3, 0.4) is 0 Å². The highest BCUT2D eigenvalue weighted by Gasteiger charge is 2.41. The minimum absolute atomic E-state index is 0.308. The van der Waals surface area contributed by atoms with Gasteiger partial charge >= 0.3 is 5.97 Å². The molecule has 18 heavy (non-hydrogen) atoms. The monoisotopic (exact) mass is 311 g/mol. The van der Waals surface area contributed by atoms with Gasteiger partial charge in [0.2, 0.25) is 0 Å². The fraction of sp³-hybridized carbons (Fsp3) is 0.500. The molecule has 1 aromatic rings. The quantitative estimate of drug-likeness (QED) is 0.830. The highest BCUT2D eigenvalue weighted by molar-refractivity contribution is 9.10. The topological polar surface area (TPSA) is 49.3 Å². The lowest BCUT2D eigenvalue weighted by Crippen LogP contribution is -2.15. The average molecular weight is 312 g/mol. The number of hydrogen-bond donors (Lipinski definition) is 2. The van der Waals surface area contributed by atoms with E-state index in [9.17, 15) is 4.79 Å². The van der Waals surface area contributed by atoms with Gasteiger partial charge in [0.05, 0.1) is 5.56 Å². The number of hydrogen-bond acceptors (Lipinski definition) is 2. The van der Waals surface area contributed by atoms with Crippen molar-refractivity contribution in [3.05, 3.63) is 28.2 Å². The van der Waals surface area contributed by atoms with Crippen LogP contribution < -0.4 is 5.32 Å². The summed E-state index contributed by atoms with van der Waals surface area (Å²) in [7, 11) is 0. The lowest BCUT2D eigenvalue weighted by atomic mass is 10.0. The van der Waals surface area contributed by atoms with Crippen molar-refractivity contribution in [2.75, 3.05) is 11.9 Å². The van der Waals surface area contributed by atoms with E-state index < -0.39 is 5.97 Å². The minimum Gasteiger partial charge on any atom is -0.478 e. The second kappa shape index (κ2) is 5.31. The first-order valence-electron chi connectivity index (χ1n) is 6.33. The maximum Gasteiger partial charge on any atom is 0.335 e. The van der Waals surface area contributed by atoms with Gasteiger partial charge in [-0.05, 0) is 58.8 Å². The standard InChI is InChI=1S/C14H18BrNO2/c1-2-5-14(6-7-14)9-16-12-4-3-10(13(17)18)8-11(12)15/h3-4,8,16H,2,5-7,9H2,1H3,(H,17,18). The summed E-state index contributed by atoms with van der Waals surface area (Å²) in [6, 6.07) is 5.11. The van der Waals surface area contributed by atoms with E-state index in [1.165, 1.54) is 25.7 Å². The molecule has 0 saturated heterocycles. The number of carboxylic acid groups (broad SMARTS) is 1. The van der Waals surface area contributed by atoms with Gasteiger partial charge in [-0.2, -0.15) is 0 Å². The van der Waals surface area contributed by atoms with E-state index in [2.05, 4.69) is 28.2 Å². The first-order chi connectivity index (χ1) is 8.56. The Kier molecular flexibility index (Phi) is 3.95. The summed E-state index contributed by atoms with van der Waals surface area (Å²) in [5.41, 5.74) is 1.77. The molecule has 0 unspecified atom stereocenters. The normalized spacial score (nSPS) is 16.3. The van der Waals surface area contributed by atoms with E-state index >= 15 is 0 Å². The summed E-state index contributed by atoms with van der Waals surface area (Å²) in [4.78, 5) is 10.8. The molecule has 2 rings (SSSR count). The second-order valence-corrected chi connectivity index (χ2v) is 5.96. The highest BCUT2D eigenvalue weighted by atomic mass is 79.9. The summed E-state index contributed by atoms with van der Waals surface area (Å²) in [6.07, 6.45) is 5.10. The Labute approximate surface area is 116 Å². The third-order valence-electron chi connectivity index (χ3n) is 3.61. The van der Waals surface area contributed by atoms with Crippen LogP contribution >= 0.6 is 15.9 Å². The molecule has 1 aromatic carbocycles. The lowest BCUT2D eigenvalue weighted by molar-refractivity contribution is 0.0697. The SMILES string of the molecule is CCCC1(CNc2ccc(C(=O)O)cc2Br)CC1. The zero-order valence-corrected chi connectivity index (χ0v) is 12.1. The zero-order chi connectivity index (χ0) is 13.2. The molecule has 0 amide bonds. The highest BCUT2D eigenvalue weighted by Crippen LogP contribution is 2.49. The van der Waals surface area contributed by atoms with Gasteiger partial charge in [-0.1, -0.05) is 13.3 Å². The molecule has 0 bridgehead atoms. The van der Waals surface area contributed by atoms with E-state index in [4.69, 9.17) is 5.11 Å². The Morgan fingerprint density at radius 3 is 2.72 bits per heavy atom. The smallest absolute Gasteiger partial charge is 0.335 e. The van der Waals surface area contributed by atoms with Crippen molar-refractivity contribution in [2.24, 2.45) is 5.41 Å². The Hall–Kier alpha value is -1.03. The molecule has 0 aliphatic heterocycles. The van der Waals surface area contributed by atoms with Crippen molar-refractivity contribution >= 4 is 27.6 Å². The predicted octanol–water partition coefficient (Wildman–Crippen LogP) is 4.14. The minimum atomic E-state index is -0.896. The van der Waals surface area contributed by atoms with Gasteiger partial charge in [0, 0.05) is 16.7 Å². The van der Waals surface area contributed by atoms with Crippen LogP contribution in [0.5, 0.6) is 0 Å². The van der Waals surface area contributed by atoms with Crippen LogP contribution in [0.4, 0.5) is 5.69 Å². The van der Waals surface area contributed by atoms with E-state index in [0.29, 0.717) is 11.0 Å². The summed E-state index contributed by atoms with van der Waals surface area (Å²) >= 11 is 3.42. The van der Waals surface area contributed by atoms with Gasteiger partial charge in [-0.15, -0.1) is 0 Å². The van der Waals surface area contributed by atoms with E-state index in [-0.39, 0.29) is 0 Å². The molecular weight excluding hydrogens is 294 g/mol. The summed E-state index contributed by atoms with van der Waals surface area (Å²) in [5, 5.41) is 12.3. The number of carboxylic acids is 1. The van der Waals surface area contributed by atoms with Crippen molar-refractivity contribution < 1.29 is 9.90 Å². The molecule has 0 spiro atoms. The molecule has 0 radical (unpaired) electrons. The van der Waals surface area contributed by atoms with Crippen LogP contribution in [-0.4, -0.2) is 17.6 Å². The molecule has 98 valence electrons. The molecule has 0 atom stereocenters. The van der Waals surface area contributed by atoms with Crippen LogP contribution in [0.1, 0.15) is 43.0 Å². The van der Waals surface area contributed by atoms with Crippen LogP contribution in [-0.2, 0) is 0 Å². The molecule has 1 aliphatic carbocycles. The maximum absolute atomic E-state index is 10.8. The van der Waals surface area contributed by atoms with Crippen LogP contribution in [0.25, 0.3) is 0 Å². The molecule has 3 nitrogen and oxygen atoms in total. The van der Waals surface area contributed by atoms with Gasteiger partial charge in [-0.3, -0.25) is 0 Å². The van der Waals surface area contributed by atoms with Crippen molar-refractivity contribution in [2.45, 2.75) is 32.6 Å². The maximum atomic E-state index is 10.8. The fourth-order valence-electron chi connectivity index (χ4n) is 2.30. The van der Waals surface area contributed by atoms with E-state index in [0.717, 1.165) is 16.7 Å². The fourth-order valence-corrected chi connectivity index (χ4v) is 2.82. The Balaban J connectivity index is 2.00. The zero-order valence-electron chi connectivity index (χ0n) is 10.5. The van der Waals surface area contributed by atoms with Gasteiger partial charge in [0.15, 0.2) is 0 Å². The van der Waals surface area contributed by atoms with Crippen molar-refractivity contribution in [3.63, 3.8) is 0 Å². The Morgan fingerprint density at radius 2 is 2.22 bits per heavy atom. The van der Waals surface area contributed by atoms with Gasteiger partial charge in [0.1, 0.15) is 0 Å². The van der Waals surface area contributed by atoms with Crippen molar-refractivity contribution in [1.82, 2.24) is 0 Å². The molecule has 1 fully saturated rings. The lowest BCUT2D eigenvalue weighted by Gasteiger charge is -2.17. The number of anilines is 1. The molecule has 1 aliphatic rings. The Bertz CT molecular complexity index is 455. The predicted molar refractivity (Wildman–Crippen MR) is 76.2 cm³/mol. The number of halogens is 1. The van der Waals surface area contributed by atoms with E-state index in [1.54, 1.807) is 12.1 Å². The number of nitrogens with one attached hydrogen (secondary N) is 1. The summed E-state index contributed by atoms with van der Waals surface area (Å²) in [5.74, 6) is -0.896. The first kappa shape index (κ1) is 13.4. The largest absolute Gasteiger partial charge is 0.478 e. The third-order valence-corrected chi connectivity index (χ3v) is 4.26.